The van der Waals surface area contributed by atoms with E-state index in [0.717, 1.165) is 26.8 Å². The van der Waals surface area contributed by atoms with E-state index in [4.69, 9.17) is 23.2 Å². The largest absolute Gasteiger partial charge is 0.343 e. The molecule has 0 radical (unpaired) electrons. The zero-order valence-electron chi connectivity index (χ0n) is 40.1. The number of ketones is 1. The Hall–Kier alpha value is -7.23. The maximum atomic E-state index is 13.6. The van der Waals surface area contributed by atoms with E-state index in [2.05, 4.69) is 6.58 Å². The van der Waals surface area contributed by atoms with Gasteiger partial charge in [-0.25, -0.2) is 17.6 Å². The first-order chi connectivity index (χ1) is 35.1. The van der Waals surface area contributed by atoms with Crippen molar-refractivity contribution in [1.29, 1.82) is 0 Å². The van der Waals surface area contributed by atoms with E-state index in [1.54, 1.807) is 54.1 Å². The number of halogens is 3. The van der Waals surface area contributed by atoms with Crippen molar-refractivity contribution in [3.63, 3.8) is 0 Å². The minimum Gasteiger partial charge on any atom is -0.343 e. The monoisotopic (exact) mass is 1040 g/mol. The molecule has 12 nitrogen and oxygen atoms in total. The molecule has 0 aliphatic carbocycles. The number of Topliss-reactive ketones (excluding diaryl/α,β-unsaturated/α-hetero) is 1. The van der Waals surface area contributed by atoms with Gasteiger partial charge in [0.1, 0.15) is 17.2 Å². The summed E-state index contributed by atoms with van der Waals surface area (Å²) in [6.45, 7) is 5.31. The number of pyridine rings is 1. The number of carbonyl (C=O) groups is 2. The Balaban J connectivity index is 0.000000196. The highest BCUT2D eigenvalue weighted by atomic mass is 35.5. The first kappa shape index (κ1) is 52.1. The van der Waals surface area contributed by atoms with E-state index in [1.807, 2.05) is 72.8 Å². The summed E-state index contributed by atoms with van der Waals surface area (Å²) in [5.74, 6) is -0.864. The number of carbonyl (C=O) groups excluding carboxylic acids is 2. The number of para-hydroxylation sites is 1. The molecule has 0 unspecified atom stereocenters. The predicted molar refractivity (Wildman–Crippen MR) is 285 cm³/mol. The molecule has 8 aromatic rings. The fourth-order valence-corrected chi connectivity index (χ4v) is 10.9. The van der Waals surface area contributed by atoms with Crippen LogP contribution in [0.4, 0.5) is 4.39 Å². The van der Waals surface area contributed by atoms with Gasteiger partial charge in [-0.1, -0.05) is 120 Å². The number of benzene rings is 6. The van der Waals surface area contributed by atoms with Crippen LogP contribution in [0, 0.1) is 5.82 Å². The molecule has 0 bridgehead atoms. The molecular formula is C57H52Cl2FN5O7S. The van der Waals surface area contributed by atoms with E-state index in [-0.39, 0.29) is 52.7 Å². The summed E-state index contributed by atoms with van der Waals surface area (Å²) in [6, 6.07) is 40.1. The molecule has 16 heteroatoms. The second-order valence-electron chi connectivity index (χ2n) is 17.8. The van der Waals surface area contributed by atoms with Crippen LogP contribution in [0.25, 0.3) is 21.8 Å². The molecule has 6 aromatic carbocycles. The Morgan fingerprint density at radius 3 is 2.22 bits per heavy atom. The first-order valence-corrected chi connectivity index (χ1v) is 25.9. The highest BCUT2D eigenvalue weighted by molar-refractivity contribution is 7.89. The molecule has 0 saturated heterocycles. The number of aryl methyl sites for hydroxylation is 1. The van der Waals surface area contributed by atoms with Crippen LogP contribution in [0.5, 0.6) is 0 Å². The molecule has 0 spiro atoms. The minimum absolute atomic E-state index is 0.0146. The summed E-state index contributed by atoms with van der Waals surface area (Å²) in [7, 11) is -2.21. The van der Waals surface area contributed by atoms with Gasteiger partial charge in [0, 0.05) is 74.2 Å². The Kier molecular flexibility index (Phi) is 16.5. The van der Waals surface area contributed by atoms with E-state index >= 15 is 0 Å². The number of amides is 1. The average molecular weight is 1040 g/mol. The van der Waals surface area contributed by atoms with Crippen molar-refractivity contribution >= 4 is 66.7 Å². The number of rotatable bonds is 16. The fourth-order valence-electron chi connectivity index (χ4n) is 9.01. The molecule has 1 aliphatic rings. The second-order valence-corrected chi connectivity index (χ2v) is 20.6. The molecule has 0 atom stereocenters. The highest BCUT2D eigenvalue weighted by Crippen LogP contribution is 2.27. The summed E-state index contributed by atoms with van der Waals surface area (Å²) in [4.78, 5) is 67.3. The van der Waals surface area contributed by atoms with Crippen molar-refractivity contribution < 1.29 is 22.4 Å². The van der Waals surface area contributed by atoms with Gasteiger partial charge in [-0.05, 0) is 95.6 Å². The number of allylic oxidation sites excluding steroid dienone is 1. The van der Waals surface area contributed by atoms with Crippen LogP contribution in [0.3, 0.4) is 0 Å². The Labute approximate surface area is 431 Å². The van der Waals surface area contributed by atoms with E-state index in [9.17, 15) is 36.8 Å². The lowest BCUT2D eigenvalue weighted by Gasteiger charge is -2.28. The summed E-state index contributed by atoms with van der Waals surface area (Å²) in [5, 5.41) is 1.40. The van der Waals surface area contributed by atoms with Gasteiger partial charge in [0.2, 0.25) is 15.5 Å². The lowest BCUT2D eigenvalue weighted by Crippen LogP contribution is -2.40. The fraction of sp³-hybridized carbons (Fsp3) is 0.211. The summed E-state index contributed by atoms with van der Waals surface area (Å²) >= 11 is 12.3. The normalized spacial score (nSPS) is 12.5. The van der Waals surface area contributed by atoms with Crippen LogP contribution in [-0.2, 0) is 60.4 Å². The van der Waals surface area contributed by atoms with Crippen LogP contribution in [0.15, 0.2) is 178 Å². The SMILES string of the molecule is C=CCn1cc(C(=O)N(C)Cc2ccccc2)c(=O)c2cc(S(=O)(=O)N3CCc4ccccc4C3)ccc21.O=C(CCCn1c(=O)c2ccccc2n(Cc2ccc(F)cc2Cl)c1=O)CCc1ccccc1Cl. The van der Waals surface area contributed by atoms with Crippen LogP contribution in [0.1, 0.15) is 57.4 Å². The molecule has 2 aromatic heterocycles. The molecule has 1 amide bonds. The van der Waals surface area contributed by atoms with Gasteiger partial charge in [-0.3, -0.25) is 28.3 Å². The number of aromatic nitrogens is 3. The zero-order valence-corrected chi connectivity index (χ0v) is 42.4. The van der Waals surface area contributed by atoms with Crippen molar-refractivity contribution in [2.24, 2.45) is 0 Å². The number of hydrogen-bond acceptors (Lipinski definition) is 7. The van der Waals surface area contributed by atoms with Gasteiger partial charge >= 0.3 is 5.69 Å². The standard InChI is InChI=1S/C30H29N3O4S.C27H23Cl2FN2O3/c1-3-16-32-21-27(30(35)31(2)19-22-9-5-4-6-10-22)29(34)26-18-25(13-14-28(26)32)38(36,37)33-17-15-23-11-7-8-12-24(23)20-33;28-23-9-3-1-6-18(23)12-14-21(33)7-5-15-31-26(34)22-8-2-4-10-25(22)32(27(31)35)17-19-11-13-20(30)16-24(19)29/h3-14,18,21H,1,15-17,19-20H2,2H3;1-4,6,8-11,13,16H,5,7,12,14-15,17H2. The Morgan fingerprint density at radius 2 is 1.47 bits per heavy atom. The Bertz CT molecular complexity index is 3690. The molecule has 374 valence electrons. The van der Waals surface area contributed by atoms with E-state index in [0.29, 0.717) is 72.3 Å². The van der Waals surface area contributed by atoms with Crippen molar-refractivity contribution in [2.45, 2.75) is 69.7 Å². The summed E-state index contributed by atoms with van der Waals surface area (Å²) < 4.78 is 46.5. The van der Waals surface area contributed by atoms with Crippen molar-refractivity contribution in [2.75, 3.05) is 13.6 Å². The molecule has 1 aliphatic heterocycles. The second kappa shape index (κ2) is 23.1. The van der Waals surface area contributed by atoms with Gasteiger partial charge in [0.15, 0.2) is 0 Å². The lowest BCUT2D eigenvalue weighted by atomic mass is 10.0. The number of sulfonamides is 1. The third kappa shape index (κ3) is 11.8. The van der Waals surface area contributed by atoms with Gasteiger partial charge in [0.25, 0.3) is 11.5 Å². The molecular weight excluding hydrogens is 989 g/mol. The Morgan fingerprint density at radius 1 is 0.753 bits per heavy atom. The highest BCUT2D eigenvalue weighted by Gasteiger charge is 2.29. The third-order valence-corrected chi connectivity index (χ3v) is 15.5. The summed E-state index contributed by atoms with van der Waals surface area (Å²) in [6.07, 6.45) is 5.30. The maximum Gasteiger partial charge on any atom is 0.331 e. The molecule has 9 rings (SSSR count). The number of fused-ring (bicyclic) bond motifs is 3. The minimum atomic E-state index is -3.86. The van der Waals surface area contributed by atoms with Crippen molar-refractivity contribution in [3.05, 3.63) is 239 Å². The van der Waals surface area contributed by atoms with Gasteiger partial charge in [-0.15, -0.1) is 6.58 Å². The molecule has 0 saturated carbocycles. The lowest BCUT2D eigenvalue weighted by molar-refractivity contribution is -0.119. The zero-order chi connectivity index (χ0) is 51.8. The van der Waals surface area contributed by atoms with Gasteiger partial charge in [0.05, 0.1) is 27.9 Å². The van der Waals surface area contributed by atoms with Gasteiger partial charge in [-0.2, -0.15) is 4.31 Å². The molecule has 3 heterocycles. The van der Waals surface area contributed by atoms with E-state index < -0.39 is 38.4 Å². The number of nitrogens with zero attached hydrogens (tertiary/aromatic N) is 5. The smallest absolute Gasteiger partial charge is 0.331 e. The van der Waals surface area contributed by atoms with Crippen LogP contribution in [0.2, 0.25) is 10.0 Å². The molecule has 73 heavy (non-hydrogen) atoms. The molecule has 0 N–H and O–H groups in total. The topological polar surface area (TPSA) is 141 Å². The average Bonchev–Trinajstić information content (AvgIpc) is 3.39. The maximum absolute atomic E-state index is 13.6. The van der Waals surface area contributed by atoms with Crippen LogP contribution < -0.4 is 16.7 Å². The van der Waals surface area contributed by atoms with Crippen LogP contribution >= 0.6 is 23.2 Å². The van der Waals surface area contributed by atoms with Crippen molar-refractivity contribution in [3.8, 4) is 0 Å². The molecule has 0 fully saturated rings. The number of hydrogen-bond donors (Lipinski definition) is 0. The van der Waals surface area contributed by atoms with Crippen LogP contribution in [-0.4, -0.2) is 56.6 Å². The first-order valence-electron chi connectivity index (χ1n) is 23.7. The van der Waals surface area contributed by atoms with E-state index in [1.165, 1.54) is 50.3 Å². The summed E-state index contributed by atoms with van der Waals surface area (Å²) in [5.41, 5.74) is 4.12. The van der Waals surface area contributed by atoms with Crippen molar-refractivity contribution in [1.82, 2.24) is 22.9 Å². The third-order valence-electron chi connectivity index (χ3n) is 12.9. The quantitative estimate of drug-likeness (QED) is 0.0878. The van der Waals surface area contributed by atoms with Gasteiger partial charge < -0.3 is 9.47 Å². The predicted octanol–water partition coefficient (Wildman–Crippen LogP) is 9.85.